The summed E-state index contributed by atoms with van der Waals surface area (Å²) in [7, 11) is 1.81. The highest BCUT2D eigenvalue weighted by Crippen LogP contribution is 2.16. The monoisotopic (exact) mass is 311 g/mol. The Bertz CT molecular complexity index is 817. The van der Waals surface area contributed by atoms with Gasteiger partial charge in [-0.1, -0.05) is 18.2 Å². The van der Waals surface area contributed by atoms with Crippen molar-refractivity contribution in [2.45, 2.75) is 32.9 Å². The molecule has 3 rings (SSSR count). The molecule has 2 aromatic heterocycles. The summed E-state index contributed by atoms with van der Waals surface area (Å²) in [5, 5.41) is 12.5. The maximum Gasteiger partial charge on any atom is 0.228 e. The molecule has 0 atom stereocenters. The van der Waals surface area contributed by atoms with Gasteiger partial charge in [0, 0.05) is 36.8 Å². The minimum absolute atomic E-state index is 0.0525. The van der Waals surface area contributed by atoms with Crippen molar-refractivity contribution in [3.8, 4) is 0 Å². The van der Waals surface area contributed by atoms with Crippen LogP contribution in [0.25, 0.3) is 10.9 Å². The molecule has 23 heavy (non-hydrogen) atoms. The van der Waals surface area contributed by atoms with Gasteiger partial charge in [-0.15, -0.1) is 0 Å². The van der Waals surface area contributed by atoms with Gasteiger partial charge in [0.1, 0.15) is 0 Å². The highest BCUT2D eigenvalue weighted by molar-refractivity contribution is 5.87. The first-order valence-corrected chi connectivity index (χ1v) is 7.73. The maximum absolute atomic E-state index is 12.5. The third kappa shape index (κ3) is 3.26. The van der Waals surface area contributed by atoms with E-state index in [0.29, 0.717) is 19.0 Å². The fourth-order valence-electron chi connectivity index (χ4n) is 2.54. The quantitative estimate of drug-likeness (QED) is 0.787. The van der Waals surface area contributed by atoms with Crippen LogP contribution in [0.5, 0.6) is 0 Å². The van der Waals surface area contributed by atoms with E-state index in [1.165, 1.54) is 0 Å². The van der Waals surface area contributed by atoms with E-state index in [0.717, 1.165) is 22.2 Å². The van der Waals surface area contributed by atoms with E-state index in [-0.39, 0.29) is 5.91 Å². The first kappa shape index (κ1) is 15.3. The van der Waals surface area contributed by atoms with E-state index in [4.69, 9.17) is 0 Å². The van der Waals surface area contributed by atoms with Crippen LogP contribution in [0.2, 0.25) is 0 Å². The van der Waals surface area contributed by atoms with E-state index < -0.39 is 0 Å². The lowest BCUT2D eigenvalue weighted by atomic mass is 10.1. The zero-order valence-electron chi connectivity index (χ0n) is 13.7. The number of aromatic amines is 1. The van der Waals surface area contributed by atoms with Crippen LogP contribution in [-0.4, -0.2) is 37.8 Å². The Balaban J connectivity index is 1.67. The summed E-state index contributed by atoms with van der Waals surface area (Å²) in [5.74, 6) is 0.0525. The minimum Gasteiger partial charge on any atom is -0.341 e. The van der Waals surface area contributed by atoms with Crippen molar-refractivity contribution in [2.75, 3.05) is 7.05 Å². The number of nitrogens with zero attached hydrogens (tertiary/aromatic N) is 4. The van der Waals surface area contributed by atoms with Crippen molar-refractivity contribution in [1.82, 2.24) is 24.9 Å². The zero-order chi connectivity index (χ0) is 16.4. The molecule has 120 valence electrons. The lowest BCUT2D eigenvalue weighted by Crippen LogP contribution is -2.27. The Morgan fingerprint density at radius 3 is 2.87 bits per heavy atom. The fourth-order valence-corrected chi connectivity index (χ4v) is 2.54. The maximum atomic E-state index is 12.5. The molecule has 0 aliphatic heterocycles. The van der Waals surface area contributed by atoms with Crippen molar-refractivity contribution in [1.29, 1.82) is 0 Å². The summed E-state index contributed by atoms with van der Waals surface area (Å²) in [5.41, 5.74) is 2.77. The first-order valence-electron chi connectivity index (χ1n) is 7.73. The van der Waals surface area contributed by atoms with Gasteiger partial charge in [0.25, 0.3) is 0 Å². The van der Waals surface area contributed by atoms with Gasteiger partial charge in [-0.2, -0.15) is 10.2 Å². The van der Waals surface area contributed by atoms with Gasteiger partial charge in [0.15, 0.2) is 0 Å². The average Bonchev–Trinajstić information content (AvgIpc) is 3.15. The average molecular weight is 311 g/mol. The second kappa shape index (κ2) is 6.24. The van der Waals surface area contributed by atoms with Crippen molar-refractivity contribution in [3.63, 3.8) is 0 Å². The number of benzene rings is 1. The van der Waals surface area contributed by atoms with Gasteiger partial charge in [0.05, 0.1) is 23.8 Å². The number of fused-ring (bicyclic) bond motifs is 1. The Hall–Kier alpha value is -2.63. The van der Waals surface area contributed by atoms with E-state index in [1.54, 1.807) is 4.90 Å². The topological polar surface area (TPSA) is 66.8 Å². The smallest absolute Gasteiger partial charge is 0.228 e. The van der Waals surface area contributed by atoms with E-state index in [1.807, 2.05) is 48.4 Å². The summed E-state index contributed by atoms with van der Waals surface area (Å²) >= 11 is 0. The van der Waals surface area contributed by atoms with Crippen LogP contribution in [0, 0.1) is 0 Å². The van der Waals surface area contributed by atoms with Crippen LogP contribution in [0.4, 0.5) is 0 Å². The molecule has 6 heteroatoms. The minimum atomic E-state index is 0.0525. The van der Waals surface area contributed by atoms with Crippen LogP contribution >= 0.6 is 0 Å². The molecular formula is C17H21N5O. The number of para-hydroxylation sites is 1. The van der Waals surface area contributed by atoms with E-state index in [2.05, 4.69) is 29.1 Å². The van der Waals surface area contributed by atoms with Gasteiger partial charge in [0.2, 0.25) is 5.91 Å². The number of amides is 1. The highest BCUT2D eigenvalue weighted by atomic mass is 16.2. The van der Waals surface area contributed by atoms with Gasteiger partial charge < -0.3 is 4.90 Å². The van der Waals surface area contributed by atoms with Crippen LogP contribution in [0.3, 0.4) is 0 Å². The third-order valence-electron chi connectivity index (χ3n) is 3.90. The molecular weight excluding hydrogens is 290 g/mol. The molecule has 0 saturated heterocycles. The SMILES string of the molecule is CC(C)n1cc(CN(C)C(=O)Cc2[nH]nc3ccccc23)cn1. The summed E-state index contributed by atoms with van der Waals surface area (Å²) in [6, 6.07) is 8.13. The predicted octanol–water partition coefficient (Wildman–Crippen LogP) is 2.54. The second-order valence-electron chi connectivity index (χ2n) is 6.07. The summed E-state index contributed by atoms with van der Waals surface area (Å²) in [6.45, 7) is 4.71. The summed E-state index contributed by atoms with van der Waals surface area (Å²) in [6.07, 6.45) is 4.12. The van der Waals surface area contributed by atoms with Gasteiger partial charge in [-0.3, -0.25) is 14.6 Å². The van der Waals surface area contributed by atoms with Crippen molar-refractivity contribution in [2.24, 2.45) is 0 Å². The largest absolute Gasteiger partial charge is 0.341 e. The Morgan fingerprint density at radius 1 is 1.35 bits per heavy atom. The zero-order valence-corrected chi connectivity index (χ0v) is 13.7. The first-order chi connectivity index (χ1) is 11.0. The van der Waals surface area contributed by atoms with Gasteiger partial charge in [-0.25, -0.2) is 0 Å². The summed E-state index contributed by atoms with van der Waals surface area (Å²) in [4.78, 5) is 14.2. The van der Waals surface area contributed by atoms with Gasteiger partial charge in [-0.05, 0) is 19.9 Å². The molecule has 6 nitrogen and oxygen atoms in total. The van der Waals surface area contributed by atoms with Crippen molar-refractivity contribution in [3.05, 3.63) is 47.9 Å². The standard InChI is InChI=1S/C17H21N5O/c1-12(2)22-11-13(9-18-22)10-21(3)17(23)8-16-14-6-4-5-7-15(14)19-20-16/h4-7,9,11-12H,8,10H2,1-3H3,(H,19,20). The van der Waals surface area contributed by atoms with Crippen LogP contribution in [-0.2, 0) is 17.8 Å². The lowest BCUT2D eigenvalue weighted by molar-refractivity contribution is -0.129. The third-order valence-corrected chi connectivity index (χ3v) is 3.90. The molecule has 0 spiro atoms. The molecule has 1 aromatic carbocycles. The Kier molecular flexibility index (Phi) is 4.14. The lowest BCUT2D eigenvalue weighted by Gasteiger charge is -2.15. The number of nitrogens with one attached hydrogen (secondary N) is 1. The normalized spacial score (nSPS) is 11.3. The number of carbonyl (C=O) groups excluding carboxylic acids is 1. The molecule has 0 radical (unpaired) electrons. The number of rotatable bonds is 5. The predicted molar refractivity (Wildman–Crippen MR) is 88.9 cm³/mol. The molecule has 0 fully saturated rings. The Morgan fingerprint density at radius 2 is 2.13 bits per heavy atom. The molecule has 3 aromatic rings. The molecule has 1 amide bonds. The van der Waals surface area contributed by atoms with E-state index in [9.17, 15) is 4.79 Å². The summed E-state index contributed by atoms with van der Waals surface area (Å²) < 4.78 is 1.90. The molecule has 1 N–H and O–H groups in total. The number of H-pyrrole nitrogens is 1. The molecule has 0 saturated carbocycles. The number of hydrogen-bond donors (Lipinski definition) is 1. The van der Waals surface area contributed by atoms with Crippen molar-refractivity contribution >= 4 is 16.8 Å². The van der Waals surface area contributed by atoms with Gasteiger partial charge >= 0.3 is 0 Å². The molecule has 0 unspecified atom stereocenters. The number of hydrogen-bond acceptors (Lipinski definition) is 3. The second-order valence-corrected chi connectivity index (χ2v) is 6.07. The Labute approximate surface area is 135 Å². The molecule has 0 aliphatic carbocycles. The molecule has 0 aliphatic rings. The highest BCUT2D eigenvalue weighted by Gasteiger charge is 2.14. The van der Waals surface area contributed by atoms with Crippen LogP contribution in [0.15, 0.2) is 36.7 Å². The number of carbonyl (C=O) groups is 1. The molecule has 2 heterocycles. The van der Waals surface area contributed by atoms with Crippen LogP contribution < -0.4 is 0 Å². The number of aromatic nitrogens is 4. The fraction of sp³-hybridized carbons (Fsp3) is 0.353. The van der Waals surface area contributed by atoms with Crippen molar-refractivity contribution < 1.29 is 4.79 Å². The molecule has 0 bridgehead atoms. The number of likely N-dealkylation sites (N-methyl/N-ethyl adjacent to an activating group) is 1. The van der Waals surface area contributed by atoms with E-state index >= 15 is 0 Å². The van der Waals surface area contributed by atoms with Crippen LogP contribution in [0.1, 0.15) is 31.1 Å².